The first-order valence-electron chi connectivity index (χ1n) is 6.79. The standard InChI is InChI=1S/C17H20O4/c1-19-15-9-16(20-2)11-17(10-15)21-12-14-5-3-13(4-6-14)7-8-18/h3-6,9-11,18H,7-8,12H2,1-2H3. The summed E-state index contributed by atoms with van der Waals surface area (Å²) in [5.41, 5.74) is 2.18. The lowest BCUT2D eigenvalue weighted by molar-refractivity contribution is 0.298. The molecule has 0 aromatic heterocycles. The minimum absolute atomic E-state index is 0.166. The Hall–Kier alpha value is -2.20. The normalized spacial score (nSPS) is 10.2. The highest BCUT2D eigenvalue weighted by molar-refractivity contribution is 5.42. The van der Waals surface area contributed by atoms with Gasteiger partial charge in [0.1, 0.15) is 23.9 Å². The van der Waals surface area contributed by atoms with Crippen molar-refractivity contribution in [3.63, 3.8) is 0 Å². The molecule has 0 saturated carbocycles. The second kappa shape index (κ2) is 7.55. The SMILES string of the molecule is COc1cc(OC)cc(OCc2ccc(CCO)cc2)c1. The van der Waals surface area contributed by atoms with Gasteiger partial charge >= 0.3 is 0 Å². The first kappa shape index (κ1) is 15.2. The van der Waals surface area contributed by atoms with Gasteiger partial charge in [0.15, 0.2) is 0 Å². The second-order valence-electron chi connectivity index (χ2n) is 4.63. The third kappa shape index (κ3) is 4.39. The van der Waals surface area contributed by atoms with Crippen LogP contribution in [0.1, 0.15) is 11.1 Å². The zero-order valence-electron chi connectivity index (χ0n) is 12.3. The van der Waals surface area contributed by atoms with Crippen molar-refractivity contribution in [2.24, 2.45) is 0 Å². The molecule has 0 aliphatic carbocycles. The number of aliphatic hydroxyl groups is 1. The van der Waals surface area contributed by atoms with E-state index in [9.17, 15) is 0 Å². The van der Waals surface area contributed by atoms with E-state index in [-0.39, 0.29) is 6.61 Å². The molecule has 0 saturated heterocycles. The van der Waals surface area contributed by atoms with E-state index in [1.165, 1.54) is 0 Å². The summed E-state index contributed by atoms with van der Waals surface area (Å²) in [4.78, 5) is 0. The van der Waals surface area contributed by atoms with Crippen molar-refractivity contribution in [2.45, 2.75) is 13.0 Å². The Kier molecular flexibility index (Phi) is 5.46. The van der Waals surface area contributed by atoms with Crippen LogP contribution in [0.3, 0.4) is 0 Å². The average Bonchev–Trinajstić information content (AvgIpc) is 2.54. The van der Waals surface area contributed by atoms with Crippen molar-refractivity contribution >= 4 is 0 Å². The second-order valence-corrected chi connectivity index (χ2v) is 4.63. The van der Waals surface area contributed by atoms with Crippen LogP contribution < -0.4 is 14.2 Å². The van der Waals surface area contributed by atoms with Gasteiger partial charge in [-0.1, -0.05) is 24.3 Å². The highest BCUT2D eigenvalue weighted by atomic mass is 16.5. The fourth-order valence-electron chi connectivity index (χ4n) is 1.96. The van der Waals surface area contributed by atoms with Gasteiger partial charge < -0.3 is 19.3 Å². The van der Waals surface area contributed by atoms with Crippen LogP contribution in [0.2, 0.25) is 0 Å². The highest BCUT2D eigenvalue weighted by Crippen LogP contribution is 2.27. The van der Waals surface area contributed by atoms with Gasteiger partial charge in [0.05, 0.1) is 14.2 Å². The minimum atomic E-state index is 0.166. The molecule has 2 aromatic carbocycles. The number of hydrogen-bond donors (Lipinski definition) is 1. The topological polar surface area (TPSA) is 47.9 Å². The molecule has 1 N–H and O–H groups in total. The molecule has 0 aliphatic rings. The maximum Gasteiger partial charge on any atom is 0.127 e. The van der Waals surface area contributed by atoms with Crippen LogP contribution in [-0.4, -0.2) is 25.9 Å². The monoisotopic (exact) mass is 288 g/mol. The van der Waals surface area contributed by atoms with Gasteiger partial charge in [-0.15, -0.1) is 0 Å². The van der Waals surface area contributed by atoms with Crippen LogP contribution >= 0.6 is 0 Å². The molecule has 0 fully saturated rings. The van der Waals surface area contributed by atoms with Gasteiger partial charge in [0.25, 0.3) is 0 Å². The maximum absolute atomic E-state index is 8.89. The first-order valence-corrected chi connectivity index (χ1v) is 6.79. The zero-order valence-corrected chi connectivity index (χ0v) is 12.3. The number of rotatable bonds is 7. The number of hydrogen-bond acceptors (Lipinski definition) is 4. The van der Waals surface area contributed by atoms with Gasteiger partial charge in [-0.3, -0.25) is 0 Å². The van der Waals surface area contributed by atoms with E-state index in [0.29, 0.717) is 30.3 Å². The first-order chi connectivity index (χ1) is 10.2. The van der Waals surface area contributed by atoms with Crippen LogP contribution in [0.25, 0.3) is 0 Å². The van der Waals surface area contributed by atoms with Crippen LogP contribution in [0, 0.1) is 0 Å². The smallest absolute Gasteiger partial charge is 0.127 e. The van der Waals surface area contributed by atoms with Gasteiger partial charge in [-0.05, 0) is 17.5 Å². The van der Waals surface area contributed by atoms with Gasteiger partial charge in [-0.2, -0.15) is 0 Å². The summed E-state index contributed by atoms with van der Waals surface area (Å²) in [5.74, 6) is 2.09. The zero-order chi connectivity index (χ0) is 15.1. The molecule has 2 aromatic rings. The van der Waals surface area contributed by atoms with Gasteiger partial charge in [-0.25, -0.2) is 0 Å². The highest BCUT2D eigenvalue weighted by Gasteiger charge is 2.03. The van der Waals surface area contributed by atoms with Crippen LogP contribution in [0.4, 0.5) is 0 Å². The van der Waals surface area contributed by atoms with E-state index in [1.807, 2.05) is 36.4 Å². The fourth-order valence-corrected chi connectivity index (χ4v) is 1.96. The van der Waals surface area contributed by atoms with Gasteiger partial charge in [0, 0.05) is 24.8 Å². The molecule has 0 spiro atoms. The minimum Gasteiger partial charge on any atom is -0.496 e. The summed E-state index contributed by atoms with van der Waals surface area (Å²) in [6.07, 6.45) is 0.675. The van der Waals surface area contributed by atoms with Crippen molar-refractivity contribution in [1.82, 2.24) is 0 Å². The molecule has 0 bridgehead atoms. The van der Waals surface area contributed by atoms with E-state index >= 15 is 0 Å². The average molecular weight is 288 g/mol. The van der Waals surface area contributed by atoms with E-state index < -0.39 is 0 Å². The molecular formula is C17H20O4. The van der Waals surface area contributed by atoms with E-state index in [2.05, 4.69) is 0 Å². The number of ether oxygens (including phenoxy) is 3. The van der Waals surface area contributed by atoms with Crippen LogP contribution in [0.15, 0.2) is 42.5 Å². The molecule has 0 radical (unpaired) electrons. The lowest BCUT2D eigenvalue weighted by atomic mass is 10.1. The molecule has 0 aliphatic heterocycles. The molecule has 0 heterocycles. The molecule has 0 amide bonds. The van der Waals surface area contributed by atoms with E-state index in [0.717, 1.165) is 11.1 Å². The number of methoxy groups -OCH3 is 2. The van der Waals surface area contributed by atoms with Crippen LogP contribution in [0.5, 0.6) is 17.2 Å². The molecular weight excluding hydrogens is 268 g/mol. The van der Waals surface area contributed by atoms with Crippen molar-refractivity contribution in [3.05, 3.63) is 53.6 Å². The summed E-state index contributed by atoms with van der Waals surface area (Å²) in [6.45, 7) is 0.634. The van der Waals surface area contributed by atoms with Crippen molar-refractivity contribution in [3.8, 4) is 17.2 Å². The Balaban J connectivity index is 2.01. The molecule has 0 atom stereocenters. The molecule has 4 heteroatoms. The van der Waals surface area contributed by atoms with E-state index in [4.69, 9.17) is 19.3 Å². The Morgan fingerprint density at radius 2 is 1.33 bits per heavy atom. The predicted molar refractivity (Wildman–Crippen MR) is 81.1 cm³/mol. The predicted octanol–water partition coefficient (Wildman–Crippen LogP) is 2.82. The Labute approximate surface area is 124 Å². The Morgan fingerprint density at radius 1 is 0.810 bits per heavy atom. The summed E-state index contributed by atoms with van der Waals surface area (Å²) in [6, 6.07) is 13.5. The molecule has 0 unspecified atom stereocenters. The largest absolute Gasteiger partial charge is 0.496 e. The fraction of sp³-hybridized carbons (Fsp3) is 0.294. The van der Waals surface area contributed by atoms with Gasteiger partial charge in [0.2, 0.25) is 0 Å². The third-order valence-corrected chi connectivity index (χ3v) is 3.15. The van der Waals surface area contributed by atoms with Crippen LogP contribution in [-0.2, 0) is 13.0 Å². The Morgan fingerprint density at radius 3 is 1.86 bits per heavy atom. The summed E-state index contributed by atoms with van der Waals surface area (Å²) in [5, 5.41) is 8.89. The molecule has 112 valence electrons. The van der Waals surface area contributed by atoms with E-state index in [1.54, 1.807) is 20.3 Å². The maximum atomic E-state index is 8.89. The molecule has 2 rings (SSSR count). The third-order valence-electron chi connectivity index (χ3n) is 3.15. The molecule has 21 heavy (non-hydrogen) atoms. The summed E-state index contributed by atoms with van der Waals surface area (Å²) >= 11 is 0. The summed E-state index contributed by atoms with van der Waals surface area (Å²) in [7, 11) is 3.22. The number of aliphatic hydroxyl groups excluding tert-OH is 1. The lowest BCUT2D eigenvalue weighted by Crippen LogP contribution is -1.97. The van der Waals surface area contributed by atoms with Crippen molar-refractivity contribution < 1.29 is 19.3 Å². The quantitative estimate of drug-likeness (QED) is 0.851. The summed E-state index contributed by atoms with van der Waals surface area (Å²) < 4.78 is 16.2. The lowest BCUT2D eigenvalue weighted by Gasteiger charge is -2.10. The van der Waals surface area contributed by atoms with Crippen molar-refractivity contribution in [2.75, 3.05) is 20.8 Å². The number of benzene rings is 2. The van der Waals surface area contributed by atoms with Crippen molar-refractivity contribution in [1.29, 1.82) is 0 Å². The Bertz CT molecular complexity index is 541. The molecule has 4 nitrogen and oxygen atoms in total.